The summed E-state index contributed by atoms with van der Waals surface area (Å²) >= 11 is 0. The summed E-state index contributed by atoms with van der Waals surface area (Å²) in [6, 6.07) is 19.3. The van der Waals surface area contributed by atoms with E-state index >= 15 is 0 Å². The largest absolute Gasteiger partial charge is 0.508 e. The SMILES string of the molecule is Cc1cc(Cc2ccc(OCC(=O)O)cc2)cc(C)c1Cc1ccc(O)cc1. The second kappa shape index (κ2) is 8.61. The van der Waals surface area contributed by atoms with Gasteiger partial charge in [0.25, 0.3) is 0 Å². The minimum atomic E-state index is -0.984. The number of phenols is 1. The van der Waals surface area contributed by atoms with Crippen LogP contribution in [0.5, 0.6) is 11.5 Å². The monoisotopic (exact) mass is 376 g/mol. The lowest BCUT2D eigenvalue weighted by atomic mass is 9.92. The summed E-state index contributed by atoms with van der Waals surface area (Å²) in [5.74, 6) is -0.142. The van der Waals surface area contributed by atoms with Crippen LogP contribution >= 0.6 is 0 Å². The fourth-order valence-corrected chi connectivity index (χ4v) is 3.37. The minimum Gasteiger partial charge on any atom is -0.508 e. The van der Waals surface area contributed by atoms with E-state index in [1.807, 2.05) is 24.3 Å². The van der Waals surface area contributed by atoms with Crippen molar-refractivity contribution in [1.29, 1.82) is 0 Å². The first-order valence-electron chi connectivity index (χ1n) is 9.21. The summed E-state index contributed by atoms with van der Waals surface area (Å²) in [6.07, 6.45) is 1.65. The van der Waals surface area contributed by atoms with Gasteiger partial charge in [-0.2, -0.15) is 0 Å². The number of carboxylic acids is 1. The lowest BCUT2D eigenvalue weighted by Gasteiger charge is -2.13. The van der Waals surface area contributed by atoms with Crippen LogP contribution in [0.25, 0.3) is 0 Å². The number of phenolic OH excluding ortho intramolecular Hbond substituents is 1. The molecule has 0 atom stereocenters. The molecule has 2 N–H and O–H groups in total. The predicted octanol–water partition coefficient (Wildman–Crippen LogP) is 4.65. The van der Waals surface area contributed by atoms with Crippen LogP contribution < -0.4 is 4.74 Å². The molecule has 0 radical (unpaired) electrons. The van der Waals surface area contributed by atoms with Gasteiger partial charge in [-0.25, -0.2) is 4.79 Å². The third-order valence-corrected chi connectivity index (χ3v) is 4.77. The Bertz CT molecular complexity index is 934. The van der Waals surface area contributed by atoms with Crippen LogP contribution in [0.15, 0.2) is 60.7 Å². The van der Waals surface area contributed by atoms with Gasteiger partial charge in [-0.15, -0.1) is 0 Å². The summed E-state index contributed by atoms with van der Waals surface area (Å²) in [7, 11) is 0. The van der Waals surface area contributed by atoms with Gasteiger partial charge in [0.2, 0.25) is 0 Å². The third-order valence-electron chi connectivity index (χ3n) is 4.77. The molecule has 0 unspecified atom stereocenters. The van der Waals surface area contributed by atoms with Crippen LogP contribution in [0, 0.1) is 13.8 Å². The molecule has 0 aliphatic heterocycles. The molecule has 0 heterocycles. The number of aryl methyl sites for hydroxylation is 2. The first kappa shape index (κ1) is 19.5. The van der Waals surface area contributed by atoms with Crippen molar-refractivity contribution in [1.82, 2.24) is 0 Å². The van der Waals surface area contributed by atoms with E-state index < -0.39 is 5.97 Å². The lowest BCUT2D eigenvalue weighted by molar-refractivity contribution is -0.139. The first-order valence-corrected chi connectivity index (χ1v) is 9.21. The average molecular weight is 376 g/mol. The smallest absolute Gasteiger partial charge is 0.341 e. The summed E-state index contributed by atoms with van der Waals surface area (Å²) in [5.41, 5.74) is 7.38. The van der Waals surface area contributed by atoms with Crippen molar-refractivity contribution < 1.29 is 19.7 Å². The van der Waals surface area contributed by atoms with Crippen LogP contribution in [0.1, 0.15) is 33.4 Å². The van der Waals surface area contributed by atoms with E-state index in [0.717, 1.165) is 18.4 Å². The van der Waals surface area contributed by atoms with Crippen molar-refractivity contribution in [2.45, 2.75) is 26.7 Å². The Morgan fingerprint density at radius 3 is 1.93 bits per heavy atom. The number of aliphatic carboxylic acids is 1. The number of carbonyl (C=O) groups is 1. The molecule has 3 aromatic carbocycles. The molecule has 144 valence electrons. The number of aromatic hydroxyl groups is 1. The Morgan fingerprint density at radius 2 is 1.36 bits per heavy atom. The molecule has 28 heavy (non-hydrogen) atoms. The standard InChI is InChI=1S/C24H24O4/c1-16-11-20(13-18-5-9-22(10-6-18)28-15-24(26)27)12-17(2)23(16)14-19-3-7-21(25)8-4-19/h3-12,25H,13-15H2,1-2H3,(H,26,27). The zero-order valence-electron chi connectivity index (χ0n) is 16.1. The summed E-state index contributed by atoms with van der Waals surface area (Å²) in [4.78, 5) is 10.6. The number of rotatable bonds is 7. The maximum Gasteiger partial charge on any atom is 0.341 e. The van der Waals surface area contributed by atoms with Gasteiger partial charge in [0.15, 0.2) is 6.61 Å². The quantitative estimate of drug-likeness (QED) is 0.630. The molecule has 0 bridgehead atoms. The van der Waals surface area contributed by atoms with Crippen LogP contribution in [0.3, 0.4) is 0 Å². The van der Waals surface area contributed by atoms with E-state index in [1.54, 1.807) is 24.3 Å². The summed E-state index contributed by atoms with van der Waals surface area (Å²) in [6.45, 7) is 3.93. The van der Waals surface area contributed by atoms with Crippen LogP contribution in [0.2, 0.25) is 0 Å². The van der Waals surface area contributed by atoms with E-state index in [0.29, 0.717) is 5.75 Å². The first-order chi connectivity index (χ1) is 13.4. The Morgan fingerprint density at radius 1 is 0.821 bits per heavy atom. The van der Waals surface area contributed by atoms with Crippen LogP contribution in [-0.4, -0.2) is 22.8 Å². The molecular weight excluding hydrogens is 352 g/mol. The van der Waals surface area contributed by atoms with E-state index in [9.17, 15) is 9.90 Å². The fourth-order valence-electron chi connectivity index (χ4n) is 3.37. The molecule has 0 aliphatic carbocycles. The lowest BCUT2D eigenvalue weighted by Crippen LogP contribution is -2.09. The summed E-state index contributed by atoms with van der Waals surface area (Å²) < 4.78 is 5.18. The maximum absolute atomic E-state index is 10.6. The maximum atomic E-state index is 10.6. The third kappa shape index (κ3) is 5.13. The molecule has 3 aromatic rings. The van der Waals surface area contributed by atoms with Gasteiger partial charge in [-0.1, -0.05) is 36.4 Å². The number of carboxylic acid groups (broad SMARTS) is 1. The van der Waals surface area contributed by atoms with Gasteiger partial charge in [-0.05, 0) is 84.3 Å². The zero-order chi connectivity index (χ0) is 20.1. The van der Waals surface area contributed by atoms with Crippen molar-refractivity contribution in [3.8, 4) is 11.5 Å². The predicted molar refractivity (Wildman–Crippen MR) is 109 cm³/mol. The molecule has 0 amide bonds. The molecule has 0 saturated heterocycles. The van der Waals surface area contributed by atoms with Crippen LogP contribution in [-0.2, 0) is 17.6 Å². The van der Waals surface area contributed by atoms with Crippen molar-refractivity contribution in [3.05, 3.63) is 94.0 Å². The van der Waals surface area contributed by atoms with E-state index in [4.69, 9.17) is 9.84 Å². The molecule has 0 aromatic heterocycles. The minimum absolute atomic E-state index is 0.284. The highest BCUT2D eigenvalue weighted by molar-refractivity contribution is 5.68. The highest BCUT2D eigenvalue weighted by Gasteiger charge is 2.08. The molecule has 0 spiro atoms. The fraction of sp³-hybridized carbons (Fsp3) is 0.208. The second-order valence-electron chi connectivity index (χ2n) is 7.05. The number of hydrogen-bond acceptors (Lipinski definition) is 3. The normalized spacial score (nSPS) is 10.6. The average Bonchev–Trinajstić information content (AvgIpc) is 2.65. The molecule has 0 saturated carbocycles. The van der Waals surface area contributed by atoms with E-state index in [1.165, 1.54) is 27.8 Å². The van der Waals surface area contributed by atoms with Gasteiger partial charge < -0.3 is 14.9 Å². The Hall–Kier alpha value is -3.27. The number of hydrogen-bond donors (Lipinski definition) is 2. The second-order valence-corrected chi connectivity index (χ2v) is 7.05. The van der Waals surface area contributed by atoms with E-state index in [-0.39, 0.29) is 12.4 Å². The number of ether oxygens (including phenoxy) is 1. The van der Waals surface area contributed by atoms with Crippen molar-refractivity contribution in [2.24, 2.45) is 0 Å². The molecule has 0 aliphatic rings. The number of benzene rings is 3. The molecule has 0 fully saturated rings. The van der Waals surface area contributed by atoms with Gasteiger partial charge in [0.05, 0.1) is 0 Å². The topological polar surface area (TPSA) is 66.8 Å². The van der Waals surface area contributed by atoms with Crippen LogP contribution in [0.4, 0.5) is 0 Å². The zero-order valence-corrected chi connectivity index (χ0v) is 16.1. The van der Waals surface area contributed by atoms with Gasteiger partial charge in [-0.3, -0.25) is 0 Å². The van der Waals surface area contributed by atoms with Gasteiger partial charge in [0, 0.05) is 0 Å². The van der Waals surface area contributed by atoms with Gasteiger partial charge in [0.1, 0.15) is 11.5 Å². The van der Waals surface area contributed by atoms with E-state index in [2.05, 4.69) is 26.0 Å². The highest BCUT2D eigenvalue weighted by Crippen LogP contribution is 2.23. The Balaban J connectivity index is 1.71. The van der Waals surface area contributed by atoms with Gasteiger partial charge >= 0.3 is 5.97 Å². The van der Waals surface area contributed by atoms with Crippen molar-refractivity contribution in [2.75, 3.05) is 6.61 Å². The van der Waals surface area contributed by atoms with Crippen molar-refractivity contribution >= 4 is 5.97 Å². The summed E-state index contributed by atoms with van der Waals surface area (Å²) in [5, 5.41) is 18.1. The Kier molecular flexibility index (Phi) is 5.99. The van der Waals surface area contributed by atoms with Crippen molar-refractivity contribution in [3.63, 3.8) is 0 Å². The molecule has 4 heteroatoms. The molecule has 3 rings (SSSR count). The Labute approximate surface area is 165 Å². The molecule has 4 nitrogen and oxygen atoms in total. The molecular formula is C24H24O4. The highest BCUT2D eigenvalue weighted by atomic mass is 16.5.